The van der Waals surface area contributed by atoms with Crippen LogP contribution >= 0.6 is 11.3 Å². The van der Waals surface area contributed by atoms with Crippen LogP contribution in [0.5, 0.6) is 0 Å². The largest absolute Gasteiger partial charge is 0.466 e. The smallest absolute Gasteiger partial charge is 0.139 e. The molecule has 21 heavy (non-hydrogen) atoms. The third kappa shape index (κ3) is 1.94. The Bertz CT molecular complexity index is 636. The Kier molecular flexibility index (Phi) is 3.11. The molecule has 0 aromatic carbocycles. The van der Waals surface area contributed by atoms with Gasteiger partial charge in [0.05, 0.1) is 11.3 Å². The summed E-state index contributed by atoms with van der Waals surface area (Å²) >= 11 is 1.80. The number of aromatic amines is 1. The highest BCUT2D eigenvalue weighted by Crippen LogP contribution is 2.46. The number of hydrogen-bond donors (Lipinski definition) is 1. The highest BCUT2D eigenvalue weighted by atomic mass is 32.1. The van der Waals surface area contributed by atoms with Crippen molar-refractivity contribution in [2.45, 2.75) is 24.8 Å². The van der Waals surface area contributed by atoms with E-state index in [4.69, 9.17) is 4.42 Å². The predicted molar refractivity (Wildman–Crippen MR) is 85.8 cm³/mol. The molecule has 0 bridgehead atoms. The average molecular weight is 298 g/mol. The number of rotatable bonds is 3. The summed E-state index contributed by atoms with van der Waals surface area (Å²) in [6.07, 6.45) is 7.28. The van der Waals surface area contributed by atoms with Crippen LogP contribution in [0.25, 0.3) is 0 Å². The van der Waals surface area contributed by atoms with Gasteiger partial charge < -0.3 is 14.3 Å². The van der Waals surface area contributed by atoms with Crippen LogP contribution in [0.1, 0.15) is 30.7 Å². The van der Waals surface area contributed by atoms with Crippen molar-refractivity contribution in [2.75, 3.05) is 11.4 Å². The summed E-state index contributed by atoms with van der Waals surface area (Å²) in [5.41, 5.74) is 1.00. The Morgan fingerprint density at radius 2 is 2.14 bits per heavy atom. The molecule has 4 heterocycles. The fraction of sp³-hybridized carbons (Fsp3) is 0.294. The van der Waals surface area contributed by atoms with Crippen molar-refractivity contribution in [2.24, 2.45) is 0 Å². The van der Waals surface area contributed by atoms with Gasteiger partial charge in [0.1, 0.15) is 11.3 Å². The molecule has 1 unspecified atom stereocenters. The molecule has 1 fully saturated rings. The SMILES string of the molecule is c1c[nH]c(C2(c3ccco3)CCCCN2c2cccs2)c1. The third-order valence-electron chi connectivity index (χ3n) is 4.38. The minimum Gasteiger partial charge on any atom is -0.466 e. The molecule has 0 amide bonds. The van der Waals surface area contributed by atoms with Crippen LogP contribution in [-0.4, -0.2) is 11.5 Å². The quantitative estimate of drug-likeness (QED) is 0.766. The summed E-state index contributed by atoms with van der Waals surface area (Å²) in [5.74, 6) is 1.03. The lowest BCUT2D eigenvalue weighted by Gasteiger charge is -2.46. The van der Waals surface area contributed by atoms with Crippen molar-refractivity contribution in [3.05, 3.63) is 65.7 Å². The van der Waals surface area contributed by atoms with E-state index in [9.17, 15) is 0 Å². The maximum absolute atomic E-state index is 5.87. The molecule has 1 atom stereocenters. The molecule has 0 saturated carbocycles. The molecule has 3 aromatic rings. The van der Waals surface area contributed by atoms with Crippen molar-refractivity contribution in [1.82, 2.24) is 4.98 Å². The summed E-state index contributed by atoms with van der Waals surface area (Å²) < 4.78 is 5.87. The van der Waals surface area contributed by atoms with Crippen LogP contribution < -0.4 is 4.90 Å². The zero-order valence-electron chi connectivity index (χ0n) is 11.8. The van der Waals surface area contributed by atoms with Crippen molar-refractivity contribution in [1.29, 1.82) is 0 Å². The van der Waals surface area contributed by atoms with Crippen LogP contribution in [0.15, 0.2) is 58.7 Å². The maximum Gasteiger partial charge on any atom is 0.139 e. The number of anilines is 1. The molecule has 1 aliphatic rings. The van der Waals surface area contributed by atoms with Crippen molar-refractivity contribution in [3.8, 4) is 0 Å². The highest BCUT2D eigenvalue weighted by molar-refractivity contribution is 7.14. The van der Waals surface area contributed by atoms with E-state index >= 15 is 0 Å². The number of nitrogens with zero attached hydrogens (tertiary/aromatic N) is 1. The molecule has 0 aliphatic carbocycles. The summed E-state index contributed by atoms with van der Waals surface area (Å²) in [6.45, 7) is 1.06. The van der Waals surface area contributed by atoms with Gasteiger partial charge in [0.25, 0.3) is 0 Å². The molecule has 0 radical (unpaired) electrons. The number of H-pyrrole nitrogens is 1. The third-order valence-corrected chi connectivity index (χ3v) is 5.27. The highest BCUT2D eigenvalue weighted by Gasteiger charge is 2.45. The first-order chi connectivity index (χ1) is 10.4. The lowest BCUT2D eigenvalue weighted by atomic mass is 9.81. The van der Waals surface area contributed by atoms with E-state index in [1.54, 1.807) is 17.6 Å². The van der Waals surface area contributed by atoms with Gasteiger partial charge in [-0.25, -0.2) is 0 Å². The van der Waals surface area contributed by atoms with Gasteiger partial charge in [-0.05, 0) is 61.0 Å². The second-order valence-corrected chi connectivity index (χ2v) is 6.41. The summed E-state index contributed by atoms with van der Waals surface area (Å²) in [7, 11) is 0. The van der Waals surface area contributed by atoms with E-state index in [-0.39, 0.29) is 5.54 Å². The zero-order valence-corrected chi connectivity index (χ0v) is 12.6. The first-order valence-electron chi connectivity index (χ1n) is 7.40. The predicted octanol–water partition coefficient (Wildman–Crippen LogP) is 4.60. The van der Waals surface area contributed by atoms with E-state index in [1.807, 2.05) is 12.3 Å². The van der Waals surface area contributed by atoms with E-state index in [0.717, 1.165) is 18.7 Å². The Balaban J connectivity index is 1.91. The van der Waals surface area contributed by atoms with Gasteiger partial charge in [-0.3, -0.25) is 0 Å². The number of piperidine rings is 1. The Labute approximate surface area is 128 Å². The van der Waals surface area contributed by atoms with E-state index in [0.29, 0.717) is 0 Å². The summed E-state index contributed by atoms with van der Waals surface area (Å²) in [4.78, 5) is 5.94. The topological polar surface area (TPSA) is 32.2 Å². The van der Waals surface area contributed by atoms with Crippen LogP contribution in [0.2, 0.25) is 0 Å². The average Bonchev–Trinajstić information content (AvgIpc) is 3.29. The standard InChI is InChI=1S/C17H18N2OS/c1-2-11-19(16-8-5-13-21-16)17(9-1,14-6-3-10-18-14)15-7-4-12-20-15/h3-8,10,12-13,18H,1-2,9,11H2. The molecule has 1 aliphatic heterocycles. The molecule has 0 spiro atoms. The van der Waals surface area contributed by atoms with Gasteiger partial charge in [-0.2, -0.15) is 0 Å². The molecule has 3 nitrogen and oxygen atoms in total. The Hall–Kier alpha value is -1.94. The molecule has 1 N–H and O–H groups in total. The first-order valence-corrected chi connectivity index (χ1v) is 8.28. The van der Waals surface area contributed by atoms with Gasteiger partial charge in [-0.15, -0.1) is 11.3 Å². The minimum absolute atomic E-state index is 0.212. The van der Waals surface area contributed by atoms with E-state index < -0.39 is 0 Å². The number of aromatic nitrogens is 1. The summed E-state index contributed by atoms with van der Waals surface area (Å²) in [5, 5.41) is 3.45. The van der Waals surface area contributed by atoms with Crippen LogP contribution in [0, 0.1) is 0 Å². The van der Waals surface area contributed by atoms with Gasteiger partial charge in [0, 0.05) is 18.4 Å². The molecule has 108 valence electrons. The molecule has 4 rings (SSSR count). The van der Waals surface area contributed by atoms with Crippen molar-refractivity contribution >= 4 is 16.3 Å². The maximum atomic E-state index is 5.87. The Morgan fingerprint density at radius 3 is 2.86 bits per heavy atom. The van der Waals surface area contributed by atoms with Crippen LogP contribution in [-0.2, 0) is 5.54 Å². The number of thiophene rings is 1. The number of furan rings is 1. The van der Waals surface area contributed by atoms with Crippen LogP contribution in [0.4, 0.5) is 5.00 Å². The minimum atomic E-state index is -0.212. The zero-order chi connectivity index (χ0) is 14.1. The normalized spacial score (nSPS) is 22.6. The lowest BCUT2D eigenvalue weighted by molar-refractivity contribution is 0.303. The molecular weight excluding hydrogens is 280 g/mol. The monoisotopic (exact) mass is 298 g/mol. The van der Waals surface area contributed by atoms with Crippen molar-refractivity contribution < 1.29 is 4.42 Å². The van der Waals surface area contributed by atoms with Gasteiger partial charge in [0.15, 0.2) is 0 Å². The molecule has 3 aromatic heterocycles. The fourth-order valence-electron chi connectivity index (χ4n) is 3.47. The lowest BCUT2D eigenvalue weighted by Crippen LogP contribution is -2.50. The fourth-order valence-corrected chi connectivity index (χ4v) is 4.30. The molecule has 4 heteroatoms. The van der Waals surface area contributed by atoms with Gasteiger partial charge in [-0.1, -0.05) is 0 Å². The van der Waals surface area contributed by atoms with Gasteiger partial charge >= 0.3 is 0 Å². The van der Waals surface area contributed by atoms with Gasteiger partial charge in [0.2, 0.25) is 0 Å². The number of hydrogen-bond acceptors (Lipinski definition) is 3. The van der Waals surface area contributed by atoms with Crippen LogP contribution in [0.3, 0.4) is 0 Å². The van der Waals surface area contributed by atoms with E-state index in [1.165, 1.54) is 23.5 Å². The van der Waals surface area contributed by atoms with E-state index in [2.05, 4.69) is 45.6 Å². The molecular formula is C17H18N2OS. The first kappa shape index (κ1) is 12.8. The Morgan fingerprint density at radius 1 is 1.14 bits per heavy atom. The number of nitrogens with one attached hydrogen (secondary N) is 1. The second-order valence-electron chi connectivity index (χ2n) is 5.48. The second kappa shape index (κ2) is 5.11. The summed E-state index contributed by atoms with van der Waals surface area (Å²) in [6, 6.07) is 12.7. The van der Waals surface area contributed by atoms with Crippen molar-refractivity contribution in [3.63, 3.8) is 0 Å². The molecule has 1 saturated heterocycles.